The predicted octanol–water partition coefficient (Wildman–Crippen LogP) is 1.46. The van der Waals surface area contributed by atoms with E-state index in [0.29, 0.717) is 19.8 Å². The van der Waals surface area contributed by atoms with Gasteiger partial charge in [0.25, 0.3) is 0 Å². The van der Waals surface area contributed by atoms with Crippen molar-refractivity contribution >= 4 is 5.78 Å². The van der Waals surface area contributed by atoms with Crippen molar-refractivity contribution in [1.29, 1.82) is 0 Å². The summed E-state index contributed by atoms with van der Waals surface area (Å²) in [5.41, 5.74) is 8.29. The molecule has 2 rings (SSSR count). The minimum Gasteiger partial charge on any atom is -0.379 e. The number of aryl methyl sites for hydroxylation is 2. The third kappa shape index (κ3) is 1.66. The van der Waals surface area contributed by atoms with Crippen molar-refractivity contribution in [2.24, 2.45) is 11.1 Å². The van der Waals surface area contributed by atoms with E-state index in [4.69, 9.17) is 10.5 Å². The number of Topliss-reactive ketones (excluding diaryl/α,β-unsaturated/α-hetero) is 1. The molecule has 2 N–H and O–H groups in total. The number of hydrogen-bond acceptors (Lipinski definition) is 3. The fraction of sp³-hybridized carbons (Fsp3) is 0.462. The summed E-state index contributed by atoms with van der Waals surface area (Å²) in [4.78, 5) is 12.3. The van der Waals surface area contributed by atoms with Crippen molar-refractivity contribution in [1.82, 2.24) is 0 Å². The Morgan fingerprint density at radius 3 is 2.50 bits per heavy atom. The van der Waals surface area contributed by atoms with Gasteiger partial charge < -0.3 is 10.5 Å². The molecule has 0 amide bonds. The molecule has 0 saturated carbocycles. The Morgan fingerprint density at radius 2 is 2.06 bits per heavy atom. The van der Waals surface area contributed by atoms with Gasteiger partial charge >= 0.3 is 0 Å². The van der Waals surface area contributed by atoms with Crippen LogP contribution in [0.25, 0.3) is 0 Å². The molecule has 0 aliphatic carbocycles. The zero-order chi connectivity index (χ0) is 11.8. The van der Waals surface area contributed by atoms with Gasteiger partial charge in [0.1, 0.15) is 0 Å². The summed E-state index contributed by atoms with van der Waals surface area (Å²) in [6, 6.07) is 5.79. The minimum absolute atomic E-state index is 0.115. The highest BCUT2D eigenvalue weighted by atomic mass is 16.5. The summed E-state index contributed by atoms with van der Waals surface area (Å²) in [5.74, 6) is 0.115. The largest absolute Gasteiger partial charge is 0.379 e. The molecule has 0 radical (unpaired) electrons. The first kappa shape index (κ1) is 11.3. The Bertz CT molecular complexity index is 416. The summed E-state index contributed by atoms with van der Waals surface area (Å²) in [5, 5.41) is 0. The fourth-order valence-electron chi connectivity index (χ4n) is 1.88. The molecule has 1 fully saturated rings. The second kappa shape index (κ2) is 4.00. The van der Waals surface area contributed by atoms with Gasteiger partial charge in [0.2, 0.25) is 0 Å². The van der Waals surface area contributed by atoms with E-state index in [1.165, 1.54) is 5.56 Å². The van der Waals surface area contributed by atoms with Crippen molar-refractivity contribution in [2.75, 3.05) is 19.8 Å². The lowest BCUT2D eigenvalue weighted by atomic mass is 9.78. The van der Waals surface area contributed by atoms with E-state index in [0.717, 1.165) is 11.1 Å². The van der Waals surface area contributed by atoms with E-state index >= 15 is 0 Å². The van der Waals surface area contributed by atoms with Gasteiger partial charge in [-0.2, -0.15) is 0 Å². The summed E-state index contributed by atoms with van der Waals surface area (Å²) < 4.78 is 5.12. The number of benzene rings is 1. The van der Waals surface area contributed by atoms with E-state index < -0.39 is 5.41 Å². The van der Waals surface area contributed by atoms with Crippen LogP contribution in [-0.2, 0) is 4.74 Å². The molecular formula is C13H17NO2. The Kier molecular flexibility index (Phi) is 2.82. The van der Waals surface area contributed by atoms with Crippen LogP contribution in [0, 0.1) is 19.3 Å². The number of nitrogens with two attached hydrogens (primary N) is 1. The molecule has 1 saturated heterocycles. The molecule has 0 atom stereocenters. The van der Waals surface area contributed by atoms with Gasteiger partial charge in [-0.3, -0.25) is 4.79 Å². The lowest BCUT2D eigenvalue weighted by molar-refractivity contribution is -0.0816. The average molecular weight is 219 g/mol. The third-order valence-electron chi connectivity index (χ3n) is 3.40. The summed E-state index contributed by atoms with van der Waals surface area (Å²) in [6.45, 7) is 5.32. The Morgan fingerprint density at radius 1 is 1.38 bits per heavy atom. The maximum Gasteiger partial charge on any atom is 0.174 e. The standard InChI is InChI=1S/C13H17NO2/c1-9-3-4-11(5-10(9)2)12(15)13(6-14)7-16-8-13/h3-5H,6-8,14H2,1-2H3. The van der Waals surface area contributed by atoms with Crippen LogP contribution < -0.4 is 5.73 Å². The highest BCUT2D eigenvalue weighted by Crippen LogP contribution is 2.31. The van der Waals surface area contributed by atoms with Crippen LogP contribution in [0.4, 0.5) is 0 Å². The quantitative estimate of drug-likeness (QED) is 0.783. The predicted molar refractivity (Wildman–Crippen MR) is 62.6 cm³/mol. The lowest BCUT2D eigenvalue weighted by Gasteiger charge is -2.38. The van der Waals surface area contributed by atoms with E-state index in [1.807, 2.05) is 32.0 Å². The second-order valence-electron chi connectivity index (χ2n) is 4.61. The van der Waals surface area contributed by atoms with Crippen molar-refractivity contribution in [3.8, 4) is 0 Å². The topological polar surface area (TPSA) is 52.3 Å². The molecular weight excluding hydrogens is 202 g/mol. The summed E-state index contributed by atoms with van der Waals surface area (Å²) in [6.07, 6.45) is 0. The molecule has 1 aromatic rings. The van der Waals surface area contributed by atoms with Gasteiger partial charge in [0.15, 0.2) is 5.78 Å². The molecule has 0 aromatic heterocycles. The molecule has 3 heteroatoms. The van der Waals surface area contributed by atoms with E-state index in [-0.39, 0.29) is 5.78 Å². The monoisotopic (exact) mass is 219 g/mol. The Balaban J connectivity index is 2.30. The van der Waals surface area contributed by atoms with Gasteiger partial charge in [-0.15, -0.1) is 0 Å². The van der Waals surface area contributed by atoms with E-state index in [1.54, 1.807) is 0 Å². The highest BCUT2D eigenvalue weighted by Gasteiger charge is 2.44. The Labute approximate surface area is 95.6 Å². The molecule has 1 aromatic carbocycles. The van der Waals surface area contributed by atoms with Crippen LogP contribution in [0.3, 0.4) is 0 Å². The second-order valence-corrected chi connectivity index (χ2v) is 4.61. The first-order valence-electron chi connectivity index (χ1n) is 5.49. The number of carbonyl (C=O) groups excluding carboxylic acids is 1. The molecule has 1 aliphatic heterocycles. The lowest BCUT2D eigenvalue weighted by Crippen LogP contribution is -2.54. The van der Waals surface area contributed by atoms with Crippen molar-refractivity contribution < 1.29 is 9.53 Å². The highest BCUT2D eigenvalue weighted by molar-refractivity contribution is 6.01. The minimum atomic E-state index is -0.471. The molecule has 0 spiro atoms. The SMILES string of the molecule is Cc1ccc(C(=O)C2(CN)COC2)cc1C. The van der Waals surface area contributed by atoms with Gasteiger partial charge in [0.05, 0.1) is 18.6 Å². The van der Waals surface area contributed by atoms with Crippen molar-refractivity contribution in [2.45, 2.75) is 13.8 Å². The van der Waals surface area contributed by atoms with Crippen LogP contribution in [0.2, 0.25) is 0 Å². The fourth-order valence-corrected chi connectivity index (χ4v) is 1.88. The van der Waals surface area contributed by atoms with Crippen LogP contribution in [0.5, 0.6) is 0 Å². The Hall–Kier alpha value is -1.19. The smallest absolute Gasteiger partial charge is 0.174 e. The zero-order valence-electron chi connectivity index (χ0n) is 9.75. The third-order valence-corrected chi connectivity index (χ3v) is 3.40. The number of ketones is 1. The van der Waals surface area contributed by atoms with E-state index in [2.05, 4.69) is 0 Å². The van der Waals surface area contributed by atoms with Crippen LogP contribution in [-0.4, -0.2) is 25.5 Å². The molecule has 0 unspecified atom stereocenters. The first-order chi connectivity index (χ1) is 7.59. The molecule has 16 heavy (non-hydrogen) atoms. The van der Waals surface area contributed by atoms with Crippen LogP contribution >= 0.6 is 0 Å². The maximum absolute atomic E-state index is 12.3. The number of hydrogen-bond donors (Lipinski definition) is 1. The van der Waals surface area contributed by atoms with Crippen molar-refractivity contribution in [3.05, 3.63) is 34.9 Å². The summed E-state index contributed by atoms with van der Waals surface area (Å²) in [7, 11) is 0. The van der Waals surface area contributed by atoms with Gasteiger partial charge in [0, 0.05) is 12.1 Å². The molecule has 0 bridgehead atoms. The number of ether oxygens (including phenoxy) is 1. The van der Waals surface area contributed by atoms with Gasteiger partial charge in [-0.1, -0.05) is 12.1 Å². The van der Waals surface area contributed by atoms with Crippen LogP contribution in [0.1, 0.15) is 21.5 Å². The number of carbonyl (C=O) groups is 1. The first-order valence-corrected chi connectivity index (χ1v) is 5.49. The van der Waals surface area contributed by atoms with Gasteiger partial charge in [-0.05, 0) is 31.0 Å². The van der Waals surface area contributed by atoms with Crippen molar-refractivity contribution in [3.63, 3.8) is 0 Å². The molecule has 1 heterocycles. The number of rotatable bonds is 3. The maximum atomic E-state index is 12.3. The normalized spacial score (nSPS) is 17.9. The van der Waals surface area contributed by atoms with E-state index in [9.17, 15) is 4.79 Å². The summed E-state index contributed by atoms with van der Waals surface area (Å²) >= 11 is 0. The van der Waals surface area contributed by atoms with Crippen LogP contribution in [0.15, 0.2) is 18.2 Å². The van der Waals surface area contributed by atoms with Gasteiger partial charge in [-0.25, -0.2) is 0 Å². The zero-order valence-corrected chi connectivity index (χ0v) is 9.75. The molecule has 86 valence electrons. The molecule has 3 nitrogen and oxygen atoms in total. The average Bonchev–Trinajstić information content (AvgIpc) is 2.21. The molecule has 1 aliphatic rings.